The van der Waals surface area contributed by atoms with Crippen LogP contribution in [0.3, 0.4) is 0 Å². The van der Waals surface area contributed by atoms with Gasteiger partial charge in [-0.1, -0.05) is 80.1 Å². The zero-order valence-electron chi connectivity index (χ0n) is 16.3. The quantitative estimate of drug-likeness (QED) is 0.695. The van der Waals surface area contributed by atoms with Crippen LogP contribution in [-0.2, 0) is 21.4 Å². The number of ketones is 2. The Hall–Kier alpha value is -2.48. The summed E-state index contributed by atoms with van der Waals surface area (Å²) in [4.78, 5) is 27.1. The Morgan fingerprint density at radius 1 is 0.926 bits per heavy atom. The lowest BCUT2D eigenvalue weighted by Crippen LogP contribution is -2.54. The van der Waals surface area contributed by atoms with E-state index in [2.05, 4.69) is 31.2 Å². The summed E-state index contributed by atoms with van der Waals surface area (Å²) in [6, 6.07) is 18.2. The molecule has 1 spiro atoms. The van der Waals surface area contributed by atoms with Crippen molar-refractivity contribution in [2.45, 2.75) is 45.4 Å². The number of rotatable bonds is 2. The second-order valence-corrected chi connectivity index (χ2v) is 8.89. The molecule has 1 fully saturated rings. The van der Waals surface area contributed by atoms with Gasteiger partial charge < -0.3 is 0 Å². The van der Waals surface area contributed by atoms with Gasteiger partial charge in [0.2, 0.25) is 0 Å². The van der Waals surface area contributed by atoms with E-state index in [4.69, 9.17) is 0 Å². The Labute approximate surface area is 161 Å². The molecule has 0 amide bonds. The van der Waals surface area contributed by atoms with Gasteiger partial charge in [0.1, 0.15) is 5.41 Å². The van der Waals surface area contributed by atoms with Gasteiger partial charge in [0.15, 0.2) is 11.6 Å². The smallest absolute Gasteiger partial charge is 0.152 e. The molecule has 2 aromatic rings. The van der Waals surface area contributed by atoms with E-state index in [1.165, 1.54) is 0 Å². The molecule has 0 unspecified atom stereocenters. The molecular weight excluding hydrogens is 332 g/mol. The molecule has 0 N–H and O–H groups in total. The van der Waals surface area contributed by atoms with Gasteiger partial charge in [-0.2, -0.15) is 0 Å². The molecular formula is C25H26O2. The fraction of sp³-hybridized carbons (Fsp3) is 0.360. The number of benzene rings is 2. The molecule has 2 aliphatic carbocycles. The van der Waals surface area contributed by atoms with Crippen molar-refractivity contribution in [3.63, 3.8) is 0 Å². The fourth-order valence-corrected chi connectivity index (χ4v) is 5.11. The molecule has 0 aliphatic heterocycles. The summed E-state index contributed by atoms with van der Waals surface area (Å²) >= 11 is 0. The van der Waals surface area contributed by atoms with Crippen molar-refractivity contribution >= 4 is 17.6 Å². The minimum atomic E-state index is -0.999. The van der Waals surface area contributed by atoms with E-state index in [-0.39, 0.29) is 22.9 Å². The van der Waals surface area contributed by atoms with Gasteiger partial charge in [0.05, 0.1) is 0 Å². The molecule has 2 heteroatoms. The molecule has 4 rings (SSSR count). The summed E-state index contributed by atoms with van der Waals surface area (Å²) in [6.07, 6.45) is 3.81. The van der Waals surface area contributed by atoms with Gasteiger partial charge >= 0.3 is 0 Å². The van der Waals surface area contributed by atoms with E-state index in [0.717, 1.165) is 28.7 Å². The third-order valence-corrected chi connectivity index (χ3v) is 6.29. The molecule has 1 saturated carbocycles. The molecule has 2 aromatic carbocycles. The average Bonchev–Trinajstić information content (AvgIpc) is 2.97. The zero-order valence-corrected chi connectivity index (χ0v) is 16.3. The Kier molecular flexibility index (Phi) is 4.18. The Bertz CT molecular complexity index is 914. The van der Waals surface area contributed by atoms with Crippen LogP contribution in [0, 0.1) is 11.3 Å². The molecule has 0 saturated heterocycles. The number of carbonyl (C=O) groups is 2. The van der Waals surface area contributed by atoms with Crippen LogP contribution in [0.2, 0.25) is 0 Å². The molecule has 0 heterocycles. The van der Waals surface area contributed by atoms with Crippen LogP contribution in [0.15, 0.2) is 60.2 Å². The number of hydrogen-bond acceptors (Lipinski definition) is 2. The van der Waals surface area contributed by atoms with E-state index in [1.807, 2.05) is 50.2 Å². The summed E-state index contributed by atoms with van der Waals surface area (Å²) in [5, 5.41) is 0. The monoisotopic (exact) mass is 358 g/mol. The maximum atomic E-state index is 13.5. The average molecular weight is 358 g/mol. The van der Waals surface area contributed by atoms with Crippen molar-refractivity contribution in [2.24, 2.45) is 11.3 Å². The lowest BCUT2D eigenvalue weighted by atomic mass is 9.57. The van der Waals surface area contributed by atoms with Gasteiger partial charge in [-0.3, -0.25) is 9.59 Å². The summed E-state index contributed by atoms with van der Waals surface area (Å²) in [5.41, 5.74) is 3.06. The minimum Gasteiger partial charge on any atom is -0.298 e. The molecule has 2 nitrogen and oxygen atoms in total. The highest BCUT2D eigenvalue weighted by Crippen LogP contribution is 2.54. The summed E-state index contributed by atoms with van der Waals surface area (Å²) in [6.45, 7) is 6.13. The molecule has 2 aliphatic rings. The summed E-state index contributed by atoms with van der Waals surface area (Å²) in [7, 11) is 0. The molecule has 0 radical (unpaired) electrons. The van der Waals surface area contributed by atoms with Crippen molar-refractivity contribution in [1.29, 1.82) is 0 Å². The van der Waals surface area contributed by atoms with Gasteiger partial charge in [-0.05, 0) is 35.4 Å². The first kappa shape index (κ1) is 17.9. The second kappa shape index (κ2) is 6.30. The Balaban J connectivity index is 1.86. The fourth-order valence-electron chi connectivity index (χ4n) is 5.11. The standard InChI is InChI=1S/C25H26O2/c1-17(13-18-9-5-4-6-10-18)21-14-19-11-7-8-12-20(19)25(21)22(26)15-24(2,3)16-23(25)27/h4-13,21H,14-16H2,1-3H3/b17-13+/t21-/m1/s1. The lowest BCUT2D eigenvalue weighted by molar-refractivity contribution is -0.144. The van der Waals surface area contributed by atoms with E-state index in [0.29, 0.717) is 12.8 Å². The first-order valence-electron chi connectivity index (χ1n) is 9.73. The Morgan fingerprint density at radius 2 is 1.52 bits per heavy atom. The van der Waals surface area contributed by atoms with Crippen molar-refractivity contribution in [2.75, 3.05) is 0 Å². The van der Waals surface area contributed by atoms with Crippen LogP contribution >= 0.6 is 0 Å². The normalized spacial score (nSPS) is 23.5. The van der Waals surface area contributed by atoms with Crippen LogP contribution in [0.25, 0.3) is 6.08 Å². The highest BCUT2D eigenvalue weighted by Gasteiger charge is 2.60. The third kappa shape index (κ3) is 2.79. The minimum absolute atomic E-state index is 0.0915. The predicted octanol–water partition coefficient (Wildman–Crippen LogP) is 5.16. The van der Waals surface area contributed by atoms with E-state index >= 15 is 0 Å². The van der Waals surface area contributed by atoms with Gasteiger partial charge in [0, 0.05) is 18.8 Å². The number of Topliss-reactive ketones (excluding diaryl/α,β-unsaturated/α-hetero) is 2. The van der Waals surface area contributed by atoms with E-state index in [1.54, 1.807) is 0 Å². The number of hydrogen-bond donors (Lipinski definition) is 0. The first-order valence-corrected chi connectivity index (χ1v) is 9.73. The van der Waals surface area contributed by atoms with E-state index in [9.17, 15) is 9.59 Å². The van der Waals surface area contributed by atoms with Crippen LogP contribution in [0.1, 0.15) is 50.3 Å². The maximum absolute atomic E-state index is 13.5. The maximum Gasteiger partial charge on any atom is 0.152 e. The van der Waals surface area contributed by atoms with Gasteiger partial charge in [-0.25, -0.2) is 0 Å². The predicted molar refractivity (Wildman–Crippen MR) is 108 cm³/mol. The molecule has 0 aromatic heterocycles. The van der Waals surface area contributed by atoms with Gasteiger partial charge in [0.25, 0.3) is 0 Å². The molecule has 0 bridgehead atoms. The number of allylic oxidation sites excluding steroid dienone is 1. The number of carbonyl (C=O) groups excluding carboxylic acids is 2. The first-order chi connectivity index (χ1) is 12.8. The highest BCUT2D eigenvalue weighted by molar-refractivity contribution is 6.16. The SMILES string of the molecule is C/C(=C\c1ccccc1)[C@H]1Cc2ccccc2C12C(=O)CC(C)(C)CC2=O. The summed E-state index contributed by atoms with van der Waals surface area (Å²) < 4.78 is 0. The van der Waals surface area contributed by atoms with Crippen LogP contribution in [0.4, 0.5) is 0 Å². The van der Waals surface area contributed by atoms with Crippen LogP contribution in [0.5, 0.6) is 0 Å². The molecule has 1 atom stereocenters. The largest absolute Gasteiger partial charge is 0.298 e. The highest BCUT2D eigenvalue weighted by atomic mass is 16.2. The van der Waals surface area contributed by atoms with Crippen molar-refractivity contribution in [3.05, 3.63) is 76.9 Å². The van der Waals surface area contributed by atoms with Crippen LogP contribution in [-0.4, -0.2) is 11.6 Å². The van der Waals surface area contributed by atoms with Gasteiger partial charge in [-0.15, -0.1) is 0 Å². The van der Waals surface area contributed by atoms with E-state index < -0.39 is 5.41 Å². The van der Waals surface area contributed by atoms with Crippen molar-refractivity contribution in [3.8, 4) is 0 Å². The summed E-state index contributed by atoms with van der Waals surface area (Å²) in [5.74, 6) is 0.102. The third-order valence-electron chi connectivity index (χ3n) is 6.29. The number of fused-ring (bicyclic) bond motifs is 2. The van der Waals surface area contributed by atoms with Crippen LogP contribution < -0.4 is 0 Å². The molecule has 27 heavy (non-hydrogen) atoms. The Morgan fingerprint density at radius 3 is 2.19 bits per heavy atom. The molecule has 138 valence electrons. The topological polar surface area (TPSA) is 34.1 Å². The zero-order chi connectivity index (χ0) is 19.2. The van der Waals surface area contributed by atoms with Crippen molar-refractivity contribution < 1.29 is 9.59 Å². The second-order valence-electron chi connectivity index (χ2n) is 8.89. The lowest BCUT2D eigenvalue weighted by Gasteiger charge is -2.43. The van der Waals surface area contributed by atoms with Crippen molar-refractivity contribution in [1.82, 2.24) is 0 Å².